The fourth-order valence-electron chi connectivity index (χ4n) is 1.66. The zero-order chi connectivity index (χ0) is 9.10. The predicted octanol–water partition coefficient (Wildman–Crippen LogP) is -2.40. The highest BCUT2D eigenvalue weighted by atomic mass is 79.9. The Morgan fingerprint density at radius 2 is 2.36 bits per heavy atom. The molecule has 3 nitrogen and oxygen atoms in total. The number of hydrogen-bond acceptors (Lipinski definition) is 2. The Bertz CT molecular complexity index is 287. The summed E-state index contributed by atoms with van der Waals surface area (Å²) in [5.74, 6) is 1.46. The third-order valence-electron chi connectivity index (χ3n) is 2.45. The Hall–Kier alpha value is -0.610. The summed E-state index contributed by atoms with van der Waals surface area (Å²) in [4.78, 5) is 0. The van der Waals surface area contributed by atoms with Crippen LogP contribution in [-0.2, 0) is 11.3 Å². The number of ether oxygens (including phenoxy) is 1. The third-order valence-corrected chi connectivity index (χ3v) is 2.45. The number of rotatable bonds is 2. The van der Waals surface area contributed by atoms with Crippen LogP contribution in [-0.4, -0.2) is 13.2 Å². The summed E-state index contributed by atoms with van der Waals surface area (Å²) < 4.78 is 7.40. The van der Waals surface area contributed by atoms with Gasteiger partial charge in [0, 0.05) is 18.6 Å². The maximum absolute atomic E-state index is 5.82. The van der Waals surface area contributed by atoms with Crippen LogP contribution < -0.4 is 27.3 Å². The second-order valence-electron chi connectivity index (χ2n) is 3.51. The van der Waals surface area contributed by atoms with E-state index in [2.05, 4.69) is 4.57 Å². The molecule has 0 spiro atoms. The molecule has 2 N–H and O–H groups in total. The zero-order valence-electron chi connectivity index (χ0n) is 8.03. The van der Waals surface area contributed by atoms with Crippen LogP contribution in [0.1, 0.15) is 6.42 Å². The molecule has 1 fully saturated rings. The average Bonchev–Trinajstić information content (AvgIpc) is 2.61. The molecule has 1 unspecified atom stereocenters. The Balaban J connectivity index is 0.000000980. The van der Waals surface area contributed by atoms with Gasteiger partial charge in [0.15, 0.2) is 0 Å². The summed E-state index contributed by atoms with van der Waals surface area (Å²) in [7, 11) is 0. The van der Waals surface area contributed by atoms with Gasteiger partial charge in [-0.25, -0.2) is 4.57 Å². The van der Waals surface area contributed by atoms with Crippen molar-refractivity contribution in [1.82, 2.24) is 0 Å². The largest absolute Gasteiger partial charge is 1.00 e. The zero-order valence-corrected chi connectivity index (χ0v) is 9.61. The number of nitrogen functional groups attached to an aromatic ring is 1. The number of hydrogen-bond donors (Lipinski definition) is 1. The molecule has 2 heterocycles. The molecule has 14 heavy (non-hydrogen) atoms. The van der Waals surface area contributed by atoms with Gasteiger partial charge in [-0.05, 0) is 12.5 Å². The van der Waals surface area contributed by atoms with Crippen LogP contribution in [0.2, 0.25) is 0 Å². The molecule has 0 amide bonds. The molecule has 1 aliphatic heterocycles. The molecule has 0 saturated carbocycles. The van der Waals surface area contributed by atoms with Gasteiger partial charge >= 0.3 is 0 Å². The lowest BCUT2D eigenvalue weighted by Crippen LogP contribution is -3.00. The lowest BCUT2D eigenvalue weighted by molar-refractivity contribution is -0.689. The van der Waals surface area contributed by atoms with Crippen molar-refractivity contribution < 1.29 is 26.3 Å². The number of halogens is 1. The molecular formula is C10H15BrN2O. The molecule has 1 aliphatic rings. The van der Waals surface area contributed by atoms with Crippen molar-refractivity contribution in [2.45, 2.75) is 13.0 Å². The first-order valence-corrected chi connectivity index (χ1v) is 4.68. The van der Waals surface area contributed by atoms with Crippen molar-refractivity contribution in [3.8, 4) is 0 Å². The van der Waals surface area contributed by atoms with Crippen LogP contribution in [0.3, 0.4) is 0 Å². The minimum Gasteiger partial charge on any atom is -1.00 e. The predicted molar refractivity (Wildman–Crippen MR) is 50.0 cm³/mol. The van der Waals surface area contributed by atoms with Gasteiger partial charge < -0.3 is 21.7 Å². The van der Waals surface area contributed by atoms with Crippen LogP contribution in [0.15, 0.2) is 24.4 Å². The van der Waals surface area contributed by atoms with Gasteiger partial charge in [-0.2, -0.15) is 0 Å². The molecule has 0 aromatic carbocycles. The fourth-order valence-corrected chi connectivity index (χ4v) is 1.66. The number of pyridine rings is 1. The molecule has 0 radical (unpaired) electrons. The molecule has 1 saturated heterocycles. The molecule has 1 aromatic heterocycles. The van der Waals surface area contributed by atoms with Gasteiger partial charge in [0.05, 0.1) is 19.3 Å². The Labute approximate surface area is 94.6 Å². The van der Waals surface area contributed by atoms with Crippen molar-refractivity contribution in [2.75, 3.05) is 18.9 Å². The molecule has 0 aliphatic carbocycles. The van der Waals surface area contributed by atoms with Gasteiger partial charge in [-0.3, -0.25) is 5.73 Å². The first kappa shape index (κ1) is 11.5. The van der Waals surface area contributed by atoms with Crippen LogP contribution >= 0.6 is 0 Å². The molecule has 2 rings (SSSR count). The first-order valence-electron chi connectivity index (χ1n) is 4.68. The summed E-state index contributed by atoms with van der Waals surface area (Å²) >= 11 is 0. The SMILES string of the molecule is Nc1cccc[n+]1CC1CCOC1.[Br-]. The second-order valence-corrected chi connectivity index (χ2v) is 3.51. The summed E-state index contributed by atoms with van der Waals surface area (Å²) in [6, 6.07) is 5.89. The Morgan fingerprint density at radius 1 is 1.50 bits per heavy atom. The minimum atomic E-state index is 0. The van der Waals surface area contributed by atoms with E-state index in [-0.39, 0.29) is 17.0 Å². The average molecular weight is 259 g/mol. The Morgan fingerprint density at radius 3 is 3.00 bits per heavy atom. The Kier molecular flexibility index (Phi) is 4.35. The van der Waals surface area contributed by atoms with Crippen molar-refractivity contribution >= 4 is 5.82 Å². The van der Waals surface area contributed by atoms with E-state index in [1.54, 1.807) is 0 Å². The molecular weight excluding hydrogens is 244 g/mol. The molecule has 78 valence electrons. The van der Waals surface area contributed by atoms with E-state index in [0.717, 1.165) is 32.0 Å². The number of nitrogens with two attached hydrogens (primary N) is 1. The summed E-state index contributed by atoms with van der Waals surface area (Å²) in [6.45, 7) is 2.76. The maximum Gasteiger partial charge on any atom is 0.272 e. The lowest BCUT2D eigenvalue weighted by Gasteiger charge is -2.06. The standard InChI is InChI=1S/C10H14N2O.BrH/c11-10-3-1-2-5-12(10)7-9-4-6-13-8-9;/h1-3,5,9,11H,4,6-8H2;1H. The first-order chi connectivity index (χ1) is 6.36. The van der Waals surface area contributed by atoms with Crippen molar-refractivity contribution in [3.63, 3.8) is 0 Å². The van der Waals surface area contributed by atoms with Gasteiger partial charge in [0.2, 0.25) is 0 Å². The van der Waals surface area contributed by atoms with Gasteiger partial charge in [-0.1, -0.05) is 6.07 Å². The smallest absolute Gasteiger partial charge is 0.272 e. The molecule has 1 atom stereocenters. The molecule has 1 aromatic rings. The van der Waals surface area contributed by atoms with Crippen LogP contribution in [0.4, 0.5) is 5.82 Å². The number of aromatic nitrogens is 1. The van der Waals surface area contributed by atoms with Crippen LogP contribution in [0.5, 0.6) is 0 Å². The highest BCUT2D eigenvalue weighted by Crippen LogP contribution is 2.12. The summed E-state index contributed by atoms with van der Waals surface area (Å²) in [6.07, 6.45) is 3.18. The van der Waals surface area contributed by atoms with Crippen LogP contribution in [0, 0.1) is 5.92 Å². The lowest BCUT2D eigenvalue weighted by atomic mass is 10.1. The van der Waals surface area contributed by atoms with Gasteiger partial charge in [0.1, 0.15) is 0 Å². The van der Waals surface area contributed by atoms with E-state index >= 15 is 0 Å². The van der Waals surface area contributed by atoms with Crippen molar-refractivity contribution in [1.29, 1.82) is 0 Å². The van der Waals surface area contributed by atoms with E-state index in [1.807, 2.05) is 24.4 Å². The molecule has 0 bridgehead atoms. The quantitative estimate of drug-likeness (QED) is 0.601. The van der Waals surface area contributed by atoms with Gasteiger partial charge in [-0.15, -0.1) is 0 Å². The van der Waals surface area contributed by atoms with Crippen LogP contribution in [0.25, 0.3) is 0 Å². The highest BCUT2D eigenvalue weighted by molar-refractivity contribution is 5.18. The summed E-state index contributed by atoms with van der Waals surface area (Å²) in [5.41, 5.74) is 5.82. The number of anilines is 1. The third kappa shape index (κ3) is 2.69. The van der Waals surface area contributed by atoms with E-state index in [4.69, 9.17) is 10.5 Å². The highest BCUT2D eigenvalue weighted by Gasteiger charge is 2.18. The molecule has 4 heteroatoms. The fraction of sp³-hybridized carbons (Fsp3) is 0.500. The maximum atomic E-state index is 5.82. The van der Waals surface area contributed by atoms with E-state index < -0.39 is 0 Å². The topological polar surface area (TPSA) is 39.1 Å². The monoisotopic (exact) mass is 258 g/mol. The van der Waals surface area contributed by atoms with Crippen molar-refractivity contribution in [2.24, 2.45) is 5.92 Å². The number of nitrogens with zero attached hydrogens (tertiary/aromatic N) is 1. The van der Waals surface area contributed by atoms with E-state index in [1.165, 1.54) is 0 Å². The van der Waals surface area contributed by atoms with E-state index in [0.29, 0.717) is 5.92 Å². The summed E-state index contributed by atoms with van der Waals surface area (Å²) in [5, 5.41) is 0. The van der Waals surface area contributed by atoms with Crippen molar-refractivity contribution in [3.05, 3.63) is 24.4 Å². The minimum absolute atomic E-state index is 0. The van der Waals surface area contributed by atoms with Gasteiger partial charge in [0.25, 0.3) is 5.82 Å². The second kappa shape index (κ2) is 5.32. The van der Waals surface area contributed by atoms with E-state index in [9.17, 15) is 0 Å². The normalized spacial score (nSPS) is 20.4.